The average molecular weight is 1710 g/mol. The van der Waals surface area contributed by atoms with Gasteiger partial charge in [0.2, 0.25) is 5.78 Å². The van der Waals surface area contributed by atoms with Gasteiger partial charge in [-0.25, -0.2) is 62.1 Å². The molecular formula is C91H87ClF4N14O6S4. The number of carbonyl (C=O) groups excluding carboxylic acids is 3. The van der Waals surface area contributed by atoms with Gasteiger partial charge in [-0.05, 0) is 309 Å². The number of allylic oxidation sites excluding steroid dienone is 3. The molecule has 6 aliphatic rings. The summed E-state index contributed by atoms with van der Waals surface area (Å²) in [6.45, 7) is 3.88. The monoisotopic (exact) mass is 1710 g/mol. The molecule has 0 radical (unpaired) electrons. The summed E-state index contributed by atoms with van der Waals surface area (Å²) < 4.78 is 109. The zero-order valence-corrected chi connectivity index (χ0v) is 70.9. The Balaban J connectivity index is 0.000000134. The van der Waals surface area contributed by atoms with Crippen LogP contribution in [0.2, 0.25) is 5.02 Å². The van der Waals surface area contributed by atoms with Crippen LogP contribution in [-0.4, -0.2) is 154 Å². The molecule has 7 aromatic heterocycles. The van der Waals surface area contributed by atoms with Crippen LogP contribution < -0.4 is 0 Å². The molecule has 7 heterocycles. The topological polar surface area (TPSA) is 222 Å². The van der Waals surface area contributed by atoms with Crippen molar-refractivity contribution in [2.24, 2.45) is 23.3 Å². The Kier molecular flexibility index (Phi) is 22.4. The largest absolute Gasteiger partial charge is 0.291 e. The van der Waals surface area contributed by atoms with Crippen LogP contribution in [0, 0.1) is 53.4 Å². The van der Waals surface area contributed by atoms with Crippen molar-refractivity contribution in [3.05, 3.63) is 307 Å². The maximum Gasteiger partial charge on any atom is 0.201 e. The molecule has 616 valence electrons. The average Bonchev–Trinajstić information content (AvgIpc) is 1.22. The van der Waals surface area contributed by atoms with Crippen molar-refractivity contribution >= 4 is 105 Å². The molecule has 0 N–H and O–H groups in total. The van der Waals surface area contributed by atoms with Crippen LogP contribution >= 0.6 is 22.9 Å². The number of pyridine rings is 2. The summed E-state index contributed by atoms with van der Waals surface area (Å²) in [6, 6.07) is 37.9. The second-order valence-corrected chi connectivity index (χ2v) is 40.2. The Hall–Kier alpha value is -11.0. The van der Waals surface area contributed by atoms with Crippen LogP contribution in [0.4, 0.5) is 17.6 Å². The highest BCUT2D eigenvalue weighted by Crippen LogP contribution is 2.55. The normalized spacial score (nSPS) is 21.8. The number of ketones is 3. The lowest BCUT2D eigenvalue weighted by molar-refractivity contribution is 0.0744. The number of Topliss-reactive ketones (excluding diaryl/α,β-unsaturated/α-hetero) is 3. The number of carbonyl (C=O) groups is 3. The lowest BCUT2D eigenvalue weighted by atomic mass is 9.60. The van der Waals surface area contributed by atoms with Crippen LogP contribution in [0.25, 0.3) is 35.3 Å². The van der Waals surface area contributed by atoms with Gasteiger partial charge in [0.05, 0.1) is 109 Å². The Morgan fingerprint density at radius 1 is 0.450 bits per heavy atom. The minimum atomic E-state index is -2.92. The highest BCUT2D eigenvalue weighted by molar-refractivity contribution is 7.98. The Bertz CT molecular complexity index is 6410. The van der Waals surface area contributed by atoms with Crippen LogP contribution in [0.1, 0.15) is 133 Å². The fourth-order valence-corrected chi connectivity index (χ4v) is 23.3. The van der Waals surface area contributed by atoms with Crippen molar-refractivity contribution in [3.63, 3.8) is 0 Å². The van der Waals surface area contributed by atoms with Crippen molar-refractivity contribution in [1.29, 1.82) is 0 Å². The fourth-order valence-electron chi connectivity index (χ4n) is 17.9. The first-order valence-corrected chi connectivity index (χ1v) is 45.5. The van der Waals surface area contributed by atoms with Crippen LogP contribution in [0.3, 0.4) is 0 Å². The summed E-state index contributed by atoms with van der Waals surface area (Å²) in [5, 5.41) is 20.8. The van der Waals surface area contributed by atoms with E-state index in [-0.39, 0.29) is 52.9 Å². The highest BCUT2D eigenvalue weighted by Gasteiger charge is 2.54. The standard InChI is InChI=1S/C32H30ClFN4O2S.C30H31FN6O2S.C29H26F2N4O2S2/c1-21-4-15-29(35-19-21)31(39)32-17-22-20-36-38(26-11-8-25(34)9-12-26)30(22)16-23(32)5-10-27(18-32)37(2)41(3,40)28-13-6-24(33)7-14-28;1-20-5-12-27(32-16-20)29(38)30-14-21-17-34-37(24-10-7-23(31)8-11-24)28(21)13-22(30)6-9-25(15-30)36(3)40(4,39)26-18-33-35(2)19-26;1-34(39(2,37)25-11-6-22(31)7-12-25)24-8-3-20-15-26-19(18-33-35(26)23-9-4-21(30)5-10-23)16-29(20,17-24)27(36)28-32-13-14-38-28/h4,6-9,11-16,19-20,27H,3,5,10,17-18H2,1-2H3;5,7-8,10-13,16-19,25H,4,6,9,14-15H2,1-3H3;4-7,9-15,18,24H,2-3,8,16-17H2,1H3/t27-,32-,41?;25-,30-,40?;24-,29-,39?/m000/s1. The zero-order chi connectivity index (χ0) is 84.5. The number of benzene rings is 5. The molecule has 9 atom stereocenters. The minimum Gasteiger partial charge on any atom is -0.291 e. The maximum atomic E-state index is 14.4. The molecule has 12 aromatic rings. The van der Waals surface area contributed by atoms with Gasteiger partial charge in [0.15, 0.2) is 16.6 Å². The van der Waals surface area contributed by atoms with Gasteiger partial charge in [-0.1, -0.05) is 40.5 Å². The molecule has 3 fully saturated rings. The summed E-state index contributed by atoms with van der Waals surface area (Å²) >= 11 is 7.39. The molecule has 0 bridgehead atoms. The molecule has 20 nitrogen and oxygen atoms in total. The third-order valence-corrected chi connectivity index (χ3v) is 32.4. The first-order valence-electron chi connectivity index (χ1n) is 39.2. The summed E-state index contributed by atoms with van der Waals surface area (Å²) in [7, 11) is -1.37. The van der Waals surface area contributed by atoms with E-state index in [1.54, 1.807) is 165 Å². The number of fused-ring (bicyclic) bond motifs is 6. The van der Waals surface area contributed by atoms with E-state index in [0.29, 0.717) is 113 Å². The molecular weight excluding hydrogens is 1620 g/mol. The van der Waals surface area contributed by atoms with Crippen LogP contribution in [-0.2, 0) is 55.4 Å². The van der Waals surface area contributed by atoms with Crippen molar-refractivity contribution in [2.75, 3.05) is 21.1 Å². The van der Waals surface area contributed by atoms with E-state index in [0.717, 1.165) is 78.7 Å². The van der Waals surface area contributed by atoms with Crippen LogP contribution in [0.5, 0.6) is 0 Å². The first-order chi connectivity index (χ1) is 57.3. The Morgan fingerprint density at radius 3 is 1.12 bits per heavy atom. The molecule has 0 saturated heterocycles. The highest BCUT2D eigenvalue weighted by atomic mass is 35.5. The van der Waals surface area contributed by atoms with Crippen molar-refractivity contribution in [3.8, 4) is 17.1 Å². The molecule has 0 amide bonds. The van der Waals surface area contributed by atoms with Crippen molar-refractivity contribution in [1.82, 2.24) is 67.0 Å². The zero-order valence-electron chi connectivity index (χ0n) is 66.9. The second kappa shape index (κ2) is 32.5. The summed E-state index contributed by atoms with van der Waals surface area (Å²) in [6.07, 6.45) is 26.5. The van der Waals surface area contributed by atoms with Gasteiger partial charge < -0.3 is 0 Å². The Labute approximate surface area is 704 Å². The third kappa shape index (κ3) is 15.5. The predicted molar refractivity (Wildman–Crippen MR) is 464 cm³/mol. The van der Waals surface area contributed by atoms with Crippen molar-refractivity contribution in [2.45, 2.75) is 124 Å². The van der Waals surface area contributed by atoms with E-state index >= 15 is 0 Å². The van der Waals surface area contributed by atoms with Gasteiger partial charge >= 0.3 is 0 Å². The summed E-state index contributed by atoms with van der Waals surface area (Å²) in [5.41, 5.74) is 10.8. The van der Waals surface area contributed by atoms with E-state index in [1.807, 2.05) is 54.8 Å². The number of halogens is 5. The van der Waals surface area contributed by atoms with E-state index in [1.165, 1.54) is 72.0 Å². The molecule has 120 heavy (non-hydrogen) atoms. The number of hydrogen-bond acceptors (Lipinski definition) is 14. The number of thiazole rings is 1. The number of nitrogens with zero attached hydrogens (tertiary/aromatic N) is 14. The number of aromatic nitrogens is 11. The lowest BCUT2D eigenvalue weighted by Gasteiger charge is -2.46. The van der Waals surface area contributed by atoms with Gasteiger partial charge in [-0.2, -0.15) is 20.4 Å². The van der Waals surface area contributed by atoms with Gasteiger partial charge in [-0.15, -0.1) is 11.3 Å². The van der Waals surface area contributed by atoms with Crippen molar-refractivity contribution < 1.29 is 44.6 Å². The molecule has 3 unspecified atom stereocenters. The molecule has 29 heteroatoms. The molecule has 0 spiro atoms. The second-order valence-electron chi connectivity index (χ2n) is 31.9. The molecule has 5 aromatic carbocycles. The minimum absolute atomic E-state index is 0.0472. The quantitative estimate of drug-likeness (QED) is 0.0443. The Morgan fingerprint density at radius 2 is 0.792 bits per heavy atom. The van der Waals surface area contributed by atoms with E-state index < -0.39 is 51.2 Å². The van der Waals surface area contributed by atoms with E-state index in [4.69, 9.17) is 11.6 Å². The molecule has 6 aliphatic carbocycles. The van der Waals surface area contributed by atoms with Gasteiger partial charge in [0, 0.05) is 70.2 Å². The van der Waals surface area contributed by atoms with Gasteiger partial charge in [0.25, 0.3) is 0 Å². The van der Waals surface area contributed by atoms with Crippen LogP contribution in [0.15, 0.2) is 232 Å². The number of aryl methyl sites for hydroxylation is 3. The fraction of sp³-hybridized carbons (Fsp3) is 0.264. The molecule has 18 rings (SSSR count). The number of hydrogen-bond donors (Lipinski definition) is 0. The lowest BCUT2D eigenvalue weighted by Crippen LogP contribution is -2.49. The maximum absolute atomic E-state index is 14.4. The SMILES string of the molecule is C=S(=O)(c1ccc(Cl)cc1)N(C)[C@H]1CCC2=Cc3c(cnn3-c3ccc(F)cc3)C[C@]2(C(=O)c2ccc(C)cn2)C1.C=S(=O)(c1ccc(F)cc1)N(C)[C@H]1CCC2=Cc3c(cnn3-c3ccc(F)cc3)C[C@]2(C(=O)c2nccs2)C1.C=S(=O)(c1cnn(C)c1)N(C)[C@H]1CCC2=Cc3c(cnn3-c3ccc(F)cc3)C[C@]2(C(=O)c2ccc(C)cn2)C1. The summed E-state index contributed by atoms with van der Waals surface area (Å²) in [4.78, 5) is 57.9. The smallest absolute Gasteiger partial charge is 0.201 e. The molecule has 0 aliphatic heterocycles. The molecule has 3 saturated carbocycles. The van der Waals surface area contributed by atoms with Gasteiger partial charge in [-0.3, -0.25) is 29.0 Å². The van der Waals surface area contributed by atoms with Gasteiger partial charge in [0.1, 0.15) is 34.7 Å². The predicted octanol–water partition coefficient (Wildman–Crippen LogP) is 16.4. The summed E-state index contributed by atoms with van der Waals surface area (Å²) in [5.74, 6) is 10.7. The van der Waals surface area contributed by atoms with E-state index in [2.05, 4.69) is 65.1 Å². The number of rotatable bonds is 18. The van der Waals surface area contributed by atoms with E-state index in [9.17, 15) is 44.6 Å². The third-order valence-electron chi connectivity index (χ3n) is 24.7. The first kappa shape index (κ1) is 82.7.